The number of ether oxygens (including phenoxy) is 1. The number of aromatic nitrogens is 4. The maximum Gasteiger partial charge on any atom is 0.264 e. The molecule has 4 aromatic rings. The summed E-state index contributed by atoms with van der Waals surface area (Å²) in [7, 11) is 2.14. The van der Waals surface area contributed by atoms with Gasteiger partial charge in [0, 0.05) is 17.7 Å². The Bertz CT molecular complexity index is 1330. The Kier molecular flexibility index (Phi) is 6.56. The zero-order chi connectivity index (χ0) is 24.4. The fourth-order valence-corrected chi connectivity index (χ4v) is 4.22. The van der Waals surface area contributed by atoms with E-state index in [9.17, 15) is 4.79 Å². The van der Waals surface area contributed by atoms with Gasteiger partial charge in [-0.2, -0.15) is 0 Å². The number of nitrogens with zero attached hydrogens (tertiary/aromatic N) is 4. The second-order valence-corrected chi connectivity index (χ2v) is 9.09. The summed E-state index contributed by atoms with van der Waals surface area (Å²) >= 11 is 6.50. The van der Waals surface area contributed by atoms with Crippen LogP contribution in [0.5, 0.6) is 5.75 Å². The molecule has 3 aromatic heterocycles. The number of nitrogens with one attached hydrogen (secondary N) is 3. The lowest BCUT2D eigenvalue weighted by atomic mass is 10.1. The lowest BCUT2D eigenvalue weighted by Crippen LogP contribution is -2.36. The molecule has 0 bridgehead atoms. The predicted octanol–water partition coefficient (Wildman–Crippen LogP) is 4.10. The largest absolute Gasteiger partial charge is 0.484 e. The minimum Gasteiger partial charge on any atom is -0.484 e. The van der Waals surface area contributed by atoms with Gasteiger partial charge in [0.1, 0.15) is 17.1 Å². The number of fused-ring (bicyclic) bond motifs is 1. The highest BCUT2D eigenvalue weighted by molar-refractivity contribution is 6.34. The number of likely N-dealkylation sites (tertiary alicyclic amines) is 1. The summed E-state index contributed by atoms with van der Waals surface area (Å²) < 4.78 is 10.5. The maximum atomic E-state index is 12.0. The number of carbonyl (C=O) groups is 1. The van der Waals surface area contributed by atoms with Crippen LogP contribution in [0.25, 0.3) is 22.6 Å². The Morgan fingerprint density at radius 2 is 2.06 bits per heavy atom. The van der Waals surface area contributed by atoms with Gasteiger partial charge in [-0.1, -0.05) is 16.8 Å². The number of benzene rings is 1. The number of H-pyrrole nitrogens is 1. The SMILES string of the molecule is Cc1cc(NC(=O)COc2ccc(-c3nc4ncc(Cl)c(NC5CCN(C)CC5)c4[nH]3)cc2)on1. The third-order valence-corrected chi connectivity index (χ3v) is 6.22. The molecule has 0 aliphatic carbocycles. The van der Waals surface area contributed by atoms with Crippen LogP contribution in [0.4, 0.5) is 11.6 Å². The summed E-state index contributed by atoms with van der Waals surface area (Å²) in [6, 6.07) is 9.30. The highest BCUT2D eigenvalue weighted by atomic mass is 35.5. The monoisotopic (exact) mass is 495 g/mol. The zero-order valence-electron chi connectivity index (χ0n) is 19.5. The molecule has 0 unspecified atom stereocenters. The first-order valence-electron chi connectivity index (χ1n) is 11.4. The molecule has 1 aromatic carbocycles. The smallest absolute Gasteiger partial charge is 0.264 e. The normalized spacial score (nSPS) is 14.8. The third kappa shape index (κ3) is 5.39. The van der Waals surface area contributed by atoms with Gasteiger partial charge in [0.25, 0.3) is 5.91 Å². The van der Waals surface area contributed by atoms with E-state index in [-0.39, 0.29) is 18.4 Å². The molecule has 11 heteroatoms. The van der Waals surface area contributed by atoms with Crippen molar-refractivity contribution in [2.75, 3.05) is 37.4 Å². The van der Waals surface area contributed by atoms with E-state index in [0.717, 1.165) is 42.7 Å². The number of pyridine rings is 1. The Morgan fingerprint density at radius 1 is 1.29 bits per heavy atom. The first-order chi connectivity index (χ1) is 16.9. The number of hydrogen-bond acceptors (Lipinski definition) is 8. The topological polar surface area (TPSA) is 121 Å². The van der Waals surface area contributed by atoms with E-state index in [1.165, 1.54) is 0 Å². The molecule has 1 saturated heterocycles. The number of aryl methyl sites for hydroxylation is 1. The lowest BCUT2D eigenvalue weighted by molar-refractivity contribution is -0.118. The van der Waals surface area contributed by atoms with Crippen molar-refractivity contribution in [2.45, 2.75) is 25.8 Å². The second-order valence-electron chi connectivity index (χ2n) is 8.68. The quantitative estimate of drug-likeness (QED) is 0.350. The number of carbonyl (C=O) groups excluding carboxylic acids is 1. The summed E-state index contributed by atoms with van der Waals surface area (Å²) in [6.07, 6.45) is 3.73. The van der Waals surface area contributed by atoms with Crippen molar-refractivity contribution in [2.24, 2.45) is 0 Å². The van der Waals surface area contributed by atoms with Crippen LogP contribution in [-0.4, -0.2) is 63.7 Å². The van der Waals surface area contributed by atoms with Crippen molar-refractivity contribution in [3.63, 3.8) is 0 Å². The van der Waals surface area contributed by atoms with Crippen molar-refractivity contribution >= 4 is 40.2 Å². The molecule has 1 aliphatic heterocycles. The Balaban J connectivity index is 1.26. The van der Waals surface area contributed by atoms with Crippen LogP contribution in [0.15, 0.2) is 41.1 Å². The van der Waals surface area contributed by atoms with E-state index in [0.29, 0.717) is 34.0 Å². The molecule has 10 nitrogen and oxygen atoms in total. The van der Waals surface area contributed by atoms with E-state index in [2.05, 4.69) is 42.7 Å². The summed E-state index contributed by atoms with van der Waals surface area (Å²) in [5.41, 5.74) is 3.76. The number of amides is 1. The Labute approximate surface area is 207 Å². The van der Waals surface area contributed by atoms with Crippen molar-refractivity contribution < 1.29 is 14.1 Å². The van der Waals surface area contributed by atoms with Crippen molar-refractivity contribution in [1.82, 2.24) is 25.0 Å². The Morgan fingerprint density at radius 3 is 2.77 bits per heavy atom. The zero-order valence-corrected chi connectivity index (χ0v) is 20.2. The Hall–Kier alpha value is -3.63. The first kappa shape index (κ1) is 23.1. The number of hydrogen-bond donors (Lipinski definition) is 3. The maximum absolute atomic E-state index is 12.0. The fourth-order valence-electron chi connectivity index (χ4n) is 4.02. The summed E-state index contributed by atoms with van der Waals surface area (Å²) in [4.78, 5) is 26.8. The van der Waals surface area contributed by atoms with E-state index >= 15 is 0 Å². The fraction of sp³-hybridized carbons (Fsp3) is 0.333. The van der Waals surface area contributed by atoms with Crippen molar-refractivity contribution in [3.05, 3.63) is 47.2 Å². The van der Waals surface area contributed by atoms with Crippen LogP contribution in [0.3, 0.4) is 0 Å². The highest BCUT2D eigenvalue weighted by Crippen LogP contribution is 2.32. The van der Waals surface area contributed by atoms with Gasteiger partial charge in [-0.15, -0.1) is 0 Å². The van der Waals surface area contributed by atoms with E-state index in [1.54, 1.807) is 31.3 Å². The van der Waals surface area contributed by atoms with Crippen LogP contribution in [0, 0.1) is 6.92 Å². The van der Waals surface area contributed by atoms with Gasteiger partial charge < -0.3 is 24.5 Å². The summed E-state index contributed by atoms with van der Waals surface area (Å²) in [5, 5.41) is 10.5. The van der Waals surface area contributed by atoms with Crippen LogP contribution >= 0.6 is 11.6 Å². The first-order valence-corrected chi connectivity index (χ1v) is 11.8. The summed E-state index contributed by atoms with van der Waals surface area (Å²) in [5.74, 6) is 1.18. The molecule has 1 aliphatic rings. The van der Waals surface area contributed by atoms with Crippen LogP contribution in [0.1, 0.15) is 18.5 Å². The number of piperidine rings is 1. The van der Waals surface area contributed by atoms with Crippen LogP contribution < -0.4 is 15.4 Å². The standard InChI is InChI=1S/C24H26ClN7O3/c1-14-11-20(35-31-14)28-19(33)13-34-17-5-3-15(4-6-17)23-29-22-21(18(25)12-26-24(22)30-23)27-16-7-9-32(2)10-8-16/h3-6,11-12,16H,7-10,13H2,1-2H3,(H,28,33)(H2,26,27,29,30). The molecule has 1 amide bonds. The molecular weight excluding hydrogens is 470 g/mol. The van der Waals surface area contributed by atoms with Crippen LogP contribution in [-0.2, 0) is 4.79 Å². The van der Waals surface area contributed by atoms with Gasteiger partial charge >= 0.3 is 0 Å². The van der Waals surface area contributed by atoms with Gasteiger partial charge in [0.2, 0.25) is 5.88 Å². The number of rotatable bonds is 7. The molecule has 35 heavy (non-hydrogen) atoms. The lowest BCUT2D eigenvalue weighted by Gasteiger charge is -2.30. The van der Waals surface area contributed by atoms with E-state index in [1.807, 2.05) is 12.1 Å². The second kappa shape index (κ2) is 9.93. The minimum atomic E-state index is -0.338. The van der Waals surface area contributed by atoms with Gasteiger partial charge in [-0.3, -0.25) is 10.1 Å². The average Bonchev–Trinajstić information content (AvgIpc) is 3.47. The van der Waals surface area contributed by atoms with E-state index < -0.39 is 0 Å². The highest BCUT2D eigenvalue weighted by Gasteiger charge is 2.20. The molecule has 0 saturated carbocycles. The van der Waals surface area contributed by atoms with Gasteiger partial charge in [-0.05, 0) is 64.2 Å². The van der Waals surface area contributed by atoms with Gasteiger partial charge in [0.05, 0.1) is 22.6 Å². The van der Waals surface area contributed by atoms with E-state index in [4.69, 9.17) is 20.9 Å². The van der Waals surface area contributed by atoms with Gasteiger partial charge in [0.15, 0.2) is 12.3 Å². The molecule has 3 N–H and O–H groups in total. The van der Waals surface area contributed by atoms with Crippen LogP contribution in [0.2, 0.25) is 5.02 Å². The molecule has 4 heterocycles. The number of anilines is 2. The summed E-state index contributed by atoms with van der Waals surface area (Å²) in [6.45, 7) is 3.72. The average molecular weight is 496 g/mol. The van der Waals surface area contributed by atoms with Gasteiger partial charge in [-0.25, -0.2) is 9.97 Å². The molecule has 182 valence electrons. The molecular formula is C24H26ClN7O3. The molecule has 0 spiro atoms. The molecule has 0 atom stereocenters. The number of halogens is 1. The third-order valence-electron chi connectivity index (χ3n) is 5.93. The molecule has 0 radical (unpaired) electrons. The minimum absolute atomic E-state index is 0.155. The molecule has 1 fully saturated rings. The molecule has 5 rings (SSSR count). The number of imidazole rings is 1. The van der Waals surface area contributed by atoms with Crippen molar-refractivity contribution in [1.29, 1.82) is 0 Å². The van der Waals surface area contributed by atoms with Crippen molar-refractivity contribution in [3.8, 4) is 17.1 Å². The number of aromatic amines is 1. The predicted molar refractivity (Wildman–Crippen MR) is 134 cm³/mol.